The van der Waals surface area contributed by atoms with Crippen molar-refractivity contribution in [2.75, 3.05) is 18.4 Å². The lowest BCUT2D eigenvalue weighted by molar-refractivity contribution is -0.117. The first kappa shape index (κ1) is 23.1. The van der Waals surface area contributed by atoms with Gasteiger partial charge in [-0.2, -0.15) is 4.31 Å². The van der Waals surface area contributed by atoms with Gasteiger partial charge in [-0.3, -0.25) is 4.79 Å². The van der Waals surface area contributed by atoms with Gasteiger partial charge in [-0.05, 0) is 24.6 Å². The van der Waals surface area contributed by atoms with E-state index < -0.39 is 16.1 Å². The first-order chi connectivity index (χ1) is 10.8. The third-order valence-electron chi connectivity index (χ3n) is 3.46. The molecule has 1 aromatic carbocycles. The predicted molar refractivity (Wildman–Crippen MR) is 100 cm³/mol. The van der Waals surface area contributed by atoms with Crippen LogP contribution in [0, 0.1) is 0 Å². The molecular formula is C15H25Cl2N3O3S. The zero-order valence-corrected chi connectivity index (χ0v) is 16.5. The molecule has 1 atom stereocenters. The number of benzene rings is 1. The van der Waals surface area contributed by atoms with Gasteiger partial charge in [0, 0.05) is 18.8 Å². The molecule has 1 rings (SSSR count). The van der Waals surface area contributed by atoms with Crippen molar-refractivity contribution in [3.05, 3.63) is 23.2 Å². The van der Waals surface area contributed by atoms with Gasteiger partial charge in [0.2, 0.25) is 15.9 Å². The Morgan fingerprint density at radius 2 is 1.88 bits per heavy atom. The lowest BCUT2D eigenvalue weighted by atomic mass is 10.1. The predicted octanol–water partition coefficient (Wildman–Crippen LogP) is 2.86. The van der Waals surface area contributed by atoms with Gasteiger partial charge in [0.25, 0.3) is 0 Å². The van der Waals surface area contributed by atoms with Crippen LogP contribution in [0.3, 0.4) is 0 Å². The van der Waals surface area contributed by atoms with Gasteiger partial charge >= 0.3 is 0 Å². The van der Waals surface area contributed by atoms with E-state index in [1.165, 1.54) is 16.4 Å². The quantitative estimate of drug-likeness (QED) is 0.704. The van der Waals surface area contributed by atoms with Crippen molar-refractivity contribution in [2.24, 2.45) is 5.73 Å². The van der Waals surface area contributed by atoms with Crippen LogP contribution in [0.5, 0.6) is 0 Å². The normalized spacial score (nSPS) is 12.6. The molecule has 0 saturated heterocycles. The van der Waals surface area contributed by atoms with Gasteiger partial charge in [-0.25, -0.2) is 8.42 Å². The molecule has 0 aliphatic heterocycles. The number of halogens is 2. The average molecular weight is 398 g/mol. The molecular weight excluding hydrogens is 373 g/mol. The molecule has 24 heavy (non-hydrogen) atoms. The summed E-state index contributed by atoms with van der Waals surface area (Å²) in [5, 5.41) is 2.75. The van der Waals surface area contributed by atoms with Crippen molar-refractivity contribution in [3.8, 4) is 0 Å². The first-order valence-electron chi connectivity index (χ1n) is 7.64. The smallest absolute Gasteiger partial charge is 0.244 e. The minimum absolute atomic E-state index is 0. The van der Waals surface area contributed by atoms with Crippen LogP contribution in [-0.2, 0) is 14.8 Å². The number of rotatable bonds is 8. The van der Waals surface area contributed by atoms with E-state index in [1.54, 1.807) is 19.9 Å². The van der Waals surface area contributed by atoms with E-state index in [0.717, 1.165) is 6.42 Å². The van der Waals surface area contributed by atoms with E-state index in [0.29, 0.717) is 25.2 Å². The second-order valence-corrected chi connectivity index (χ2v) is 7.43. The number of nitrogens with two attached hydrogens (primary N) is 1. The molecule has 0 aliphatic rings. The van der Waals surface area contributed by atoms with Gasteiger partial charge in [0.15, 0.2) is 0 Å². The number of carbonyl (C=O) groups excluding carboxylic acids is 1. The number of sulfonamides is 1. The van der Waals surface area contributed by atoms with Crippen LogP contribution in [0.2, 0.25) is 5.02 Å². The van der Waals surface area contributed by atoms with Crippen molar-refractivity contribution >= 4 is 45.6 Å². The molecule has 0 radical (unpaired) electrons. The Balaban J connectivity index is 0.00000529. The highest BCUT2D eigenvalue weighted by Gasteiger charge is 2.25. The summed E-state index contributed by atoms with van der Waals surface area (Å²) in [7, 11) is -3.70. The topological polar surface area (TPSA) is 92.5 Å². The fraction of sp³-hybridized carbons (Fsp3) is 0.533. The summed E-state index contributed by atoms with van der Waals surface area (Å²) >= 11 is 6.04. The molecule has 1 unspecified atom stereocenters. The van der Waals surface area contributed by atoms with Crippen LogP contribution in [0.25, 0.3) is 0 Å². The molecule has 0 saturated carbocycles. The number of hydrogen-bond acceptors (Lipinski definition) is 4. The molecule has 0 aliphatic carbocycles. The lowest BCUT2D eigenvalue weighted by Crippen LogP contribution is -2.35. The molecule has 0 bridgehead atoms. The number of anilines is 1. The molecule has 1 aromatic rings. The molecule has 0 heterocycles. The third kappa shape index (κ3) is 5.60. The molecule has 1 amide bonds. The van der Waals surface area contributed by atoms with Crippen molar-refractivity contribution in [3.63, 3.8) is 0 Å². The summed E-state index contributed by atoms with van der Waals surface area (Å²) in [6.07, 6.45) is 1.35. The van der Waals surface area contributed by atoms with Gasteiger partial charge in [0.05, 0.1) is 11.1 Å². The van der Waals surface area contributed by atoms with Crippen LogP contribution >= 0.6 is 24.0 Å². The maximum absolute atomic E-state index is 12.6. The number of nitrogens with zero attached hydrogens (tertiary/aromatic N) is 1. The zero-order valence-electron chi connectivity index (χ0n) is 14.1. The molecule has 3 N–H and O–H groups in total. The second kappa shape index (κ2) is 10.2. The fourth-order valence-corrected chi connectivity index (χ4v) is 4.12. The number of amides is 1. The molecule has 0 spiro atoms. The second-order valence-electron chi connectivity index (χ2n) is 5.12. The lowest BCUT2D eigenvalue weighted by Gasteiger charge is -2.20. The van der Waals surface area contributed by atoms with E-state index in [-0.39, 0.29) is 28.2 Å². The summed E-state index contributed by atoms with van der Waals surface area (Å²) in [5.41, 5.74) is 6.11. The first-order valence-corrected chi connectivity index (χ1v) is 9.45. The SMILES string of the molecule is CCCC(N)C(=O)Nc1ccc(Cl)c(S(=O)(=O)N(CC)CC)c1.Cl. The summed E-state index contributed by atoms with van der Waals surface area (Å²) < 4.78 is 26.5. The molecule has 0 fully saturated rings. The standard InChI is InChI=1S/C15H24ClN3O3S.ClH/c1-4-7-13(17)15(20)18-11-8-9-12(16)14(10-11)23(21,22)19(5-2)6-3;/h8-10,13H,4-7,17H2,1-3H3,(H,18,20);1H. The summed E-state index contributed by atoms with van der Waals surface area (Å²) in [6.45, 7) is 6.12. The van der Waals surface area contributed by atoms with E-state index >= 15 is 0 Å². The summed E-state index contributed by atoms with van der Waals surface area (Å²) in [4.78, 5) is 11.9. The van der Waals surface area contributed by atoms with E-state index in [9.17, 15) is 13.2 Å². The Labute approximate surface area is 155 Å². The van der Waals surface area contributed by atoms with Crippen LogP contribution in [0.1, 0.15) is 33.6 Å². The zero-order chi connectivity index (χ0) is 17.6. The average Bonchev–Trinajstić information content (AvgIpc) is 2.50. The van der Waals surface area contributed by atoms with Crippen molar-refractivity contribution in [1.29, 1.82) is 0 Å². The molecule has 6 nitrogen and oxygen atoms in total. The van der Waals surface area contributed by atoms with Gasteiger partial charge in [-0.1, -0.05) is 38.8 Å². The van der Waals surface area contributed by atoms with Crippen LogP contribution < -0.4 is 11.1 Å². The van der Waals surface area contributed by atoms with Crippen LogP contribution in [-0.4, -0.2) is 37.8 Å². The highest BCUT2D eigenvalue weighted by Crippen LogP contribution is 2.27. The van der Waals surface area contributed by atoms with Crippen molar-refractivity contribution < 1.29 is 13.2 Å². The largest absolute Gasteiger partial charge is 0.325 e. The van der Waals surface area contributed by atoms with E-state index in [2.05, 4.69) is 5.32 Å². The maximum atomic E-state index is 12.6. The minimum atomic E-state index is -3.70. The Morgan fingerprint density at radius 1 is 1.29 bits per heavy atom. The number of carbonyl (C=O) groups is 1. The summed E-state index contributed by atoms with van der Waals surface area (Å²) in [6, 6.07) is 3.75. The minimum Gasteiger partial charge on any atom is -0.325 e. The van der Waals surface area contributed by atoms with Crippen LogP contribution in [0.4, 0.5) is 5.69 Å². The van der Waals surface area contributed by atoms with Gasteiger partial charge in [-0.15, -0.1) is 12.4 Å². The number of nitrogens with one attached hydrogen (secondary N) is 1. The fourth-order valence-electron chi connectivity index (χ4n) is 2.16. The monoisotopic (exact) mass is 397 g/mol. The molecule has 0 aromatic heterocycles. The Hall–Kier alpha value is -0.860. The Bertz CT molecular complexity index is 649. The number of hydrogen-bond donors (Lipinski definition) is 2. The molecule has 138 valence electrons. The maximum Gasteiger partial charge on any atom is 0.244 e. The molecule has 9 heteroatoms. The Morgan fingerprint density at radius 3 is 2.38 bits per heavy atom. The van der Waals surface area contributed by atoms with Gasteiger partial charge in [0.1, 0.15) is 4.90 Å². The van der Waals surface area contributed by atoms with Crippen LogP contribution in [0.15, 0.2) is 23.1 Å². The van der Waals surface area contributed by atoms with Gasteiger partial charge < -0.3 is 11.1 Å². The van der Waals surface area contributed by atoms with E-state index in [4.69, 9.17) is 17.3 Å². The summed E-state index contributed by atoms with van der Waals surface area (Å²) in [5.74, 6) is -0.347. The highest BCUT2D eigenvalue weighted by molar-refractivity contribution is 7.89. The third-order valence-corrected chi connectivity index (χ3v) is 5.99. The Kier molecular flexibility index (Phi) is 9.84. The van der Waals surface area contributed by atoms with Crippen molar-refractivity contribution in [1.82, 2.24) is 4.31 Å². The van der Waals surface area contributed by atoms with E-state index in [1.807, 2.05) is 6.92 Å². The van der Waals surface area contributed by atoms with Crippen molar-refractivity contribution in [2.45, 2.75) is 44.6 Å². The highest BCUT2D eigenvalue weighted by atomic mass is 35.5.